The number of rotatable bonds is 6. The van der Waals surface area contributed by atoms with Gasteiger partial charge in [0, 0.05) is 11.6 Å². The van der Waals surface area contributed by atoms with E-state index in [4.69, 9.17) is 25.5 Å². The van der Waals surface area contributed by atoms with E-state index in [2.05, 4.69) is 4.99 Å². The molecule has 0 N–H and O–H groups in total. The van der Waals surface area contributed by atoms with E-state index in [1.54, 1.807) is 50.3 Å². The molecule has 1 aliphatic heterocycles. The molecular weight excluding hydrogens is 540 g/mol. The number of methoxy groups -OCH3 is 1. The molecule has 0 bridgehead atoms. The van der Waals surface area contributed by atoms with Gasteiger partial charge in [-0.05, 0) is 49.7 Å². The molecule has 0 aliphatic carbocycles. The van der Waals surface area contributed by atoms with Gasteiger partial charge in [-0.25, -0.2) is 14.6 Å². The largest absolute Gasteiger partial charge is 0.466 e. The lowest BCUT2D eigenvalue weighted by Crippen LogP contribution is -2.39. The molecule has 1 unspecified atom stereocenters. The van der Waals surface area contributed by atoms with E-state index < -0.39 is 18.0 Å². The normalized spacial score (nSPS) is 15.1. The van der Waals surface area contributed by atoms with Crippen molar-refractivity contribution in [1.29, 1.82) is 0 Å². The predicted octanol–water partition coefficient (Wildman–Crippen LogP) is 4.50. The summed E-state index contributed by atoms with van der Waals surface area (Å²) in [6, 6.07) is 17.0. The Morgan fingerprint density at radius 2 is 1.90 bits per heavy atom. The second-order valence-electron chi connectivity index (χ2n) is 8.60. The van der Waals surface area contributed by atoms with Crippen molar-refractivity contribution in [2.75, 3.05) is 13.7 Å². The summed E-state index contributed by atoms with van der Waals surface area (Å²) >= 11 is 7.39. The zero-order valence-electron chi connectivity index (χ0n) is 21.3. The molecule has 3 heterocycles. The molecule has 10 heteroatoms. The molecule has 0 saturated heterocycles. The smallest absolute Gasteiger partial charge is 0.339 e. The van der Waals surface area contributed by atoms with E-state index in [-0.39, 0.29) is 22.8 Å². The minimum Gasteiger partial charge on any atom is -0.466 e. The van der Waals surface area contributed by atoms with Gasteiger partial charge in [-0.1, -0.05) is 53.3 Å². The molecule has 8 nitrogen and oxygen atoms in total. The highest BCUT2D eigenvalue weighted by Crippen LogP contribution is 2.31. The van der Waals surface area contributed by atoms with Crippen LogP contribution in [0.4, 0.5) is 0 Å². The molecule has 1 atom stereocenters. The number of esters is 2. The van der Waals surface area contributed by atoms with Crippen LogP contribution in [0.25, 0.3) is 17.4 Å². The van der Waals surface area contributed by atoms with Gasteiger partial charge in [0.2, 0.25) is 0 Å². The number of nitrogens with zero attached hydrogens (tertiary/aromatic N) is 2. The van der Waals surface area contributed by atoms with Crippen molar-refractivity contribution in [2.45, 2.75) is 19.9 Å². The van der Waals surface area contributed by atoms with E-state index in [1.807, 2.05) is 30.3 Å². The van der Waals surface area contributed by atoms with Gasteiger partial charge in [0.1, 0.15) is 11.5 Å². The van der Waals surface area contributed by atoms with Gasteiger partial charge in [-0.15, -0.1) is 0 Å². The van der Waals surface area contributed by atoms with Crippen LogP contribution in [0.5, 0.6) is 0 Å². The van der Waals surface area contributed by atoms with Gasteiger partial charge in [0.15, 0.2) is 4.80 Å². The lowest BCUT2D eigenvalue weighted by Gasteiger charge is -2.24. The molecule has 0 spiro atoms. The third-order valence-electron chi connectivity index (χ3n) is 6.19. The SMILES string of the molecule is CCOC(=O)c1cc(-c2ccc(C=c3sc4n(c3=O)C(c3ccccc3)C(C(=O)OC)=C(C)N=4)o2)ccc1Cl. The number of allylic oxidation sites excluding steroid dienone is 1. The van der Waals surface area contributed by atoms with Crippen LogP contribution in [-0.4, -0.2) is 30.2 Å². The molecule has 0 saturated carbocycles. The van der Waals surface area contributed by atoms with Crippen LogP contribution in [-0.2, 0) is 14.3 Å². The number of carbonyl (C=O) groups excluding carboxylic acids is 2. The lowest BCUT2D eigenvalue weighted by molar-refractivity contribution is -0.136. The average Bonchev–Trinajstić information content (AvgIpc) is 3.52. The van der Waals surface area contributed by atoms with Gasteiger partial charge in [-0.3, -0.25) is 9.36 Å². The number of carbonyl (C=O) groups is 2. The van der Waals surface area contributed by atoms with Crippen molar-refractivity contribution in [1.82, 2.24) is 4.57 Å². The lowest BCUT2D eigenvalue weighted by atomic mass is 9.96. The Morgan fingerprint density at radius 3 is 2.62 bits per heavy atom. The summed E-state index contributed by atoms with van der Waals surface area (Å²) in [6.07, 6.45) is 1.63. The molecule has 4 aromatic rings. The average molecular weight is 563 g/mol. The summed E-state index contributed by atoms with van der Waals surface area (Å²) < 4.78 is 18.0. The van der Waals surface area contributed by atoms with Gasteiger partial charge >= 0.3 is 11.9 Å². The van der Waals surface area contributed by atoms with Crippen LogP contribution in [0.2, 0.25) is 5.02 Å². The van der Waals surface area contributed by atoms with Crippen LogP contribution >= 0.6 is 22.9 Å². The summed E-state index contributed by atoms with van der Waals surface area (Å²) in [5, 5.41) is 0.277. The second-order valence-corrected chi connectivity index (χ2v) is 10.0. The van der Waals surface area contributed by atoms with Crippen molar-refractivity contribution in [3.63, 3.8) is 0 Å². The van der Waals surface area contributed by atoms with E-state index in [0.717, 1.165) is 5.56 Å². The van der Waals surface area contributed by atoms with Gasteiger partial charge in [0.25, 0.3) is 5.56 Å². The summed E-state index contributed by atoms with van der Waals surface area (Å²) in [5.41, 5.74) is 2.12. The highest BCUT2D eigenvalue weighted by molar-refractivity contribution is 7.07. The maximum Gasteiger partial charge on any atom is 0.339 e. The molecular formula is C29H23ClN2O6S. The monoisotopic (exact) mass is 562 g/mol. The predicted molar refractivity (Wildman–Crippen MR) is 147 cm³/mol. The quantitative estimate of drug-likeness (QED) is 0.321. The molecule has 1 aliphatic rings. The summed E-state index contributed by atoms with van der Waals surface area (Å²) in [7, 11) is 1.31. The zero-order chi connectivity index (χ0) is 27.7. The standard InChI is InChI=1S/C29H23ClN2O6S/c1-4-37-27(34)20-14-18(10-12-21(20)30)22-13-11-19(38-22)15-23-26(33)32-25(17-8-6-5-7-9-17)24(28(35)36-3)16(2)31-29(32)39-23/h5-15,25H,4H2,1-3H3. The maximum absolute atomic E-state index is 13.7. The minimum absolute atomic E-state index is 0.229. The first-order valence-corrected chi connectivity index (χ1v) is 13.2. The number of hydrogen-bond acceptors (Lipinski definition) is 8. The van der Waals surface area contributed by atoms with Crippen LogP contribution in [0.3, 0.4) is 0 Å². The van der Waals surface area contributed by atoms with Crippen LogP contribution < -0.4 is 14.9 Å². The number of hydrogen-bond donors (Lipinski definition) is 0. The van der Waals surface area contributed by atoms with Crippen molar-refractivity contribution in [2.24, 2.45) is 4.99 Å². The molecule has 5 rings (SSSR count). The Kier molecular flexibility index (Phi) is 7.36. The number of benzene rings is 2. The Morgan fingerprint density at radius 1 is 1.13 bits per heavy atom. The Bertz CT molecular complexity index is 1800. The van der Waals surface area contributed by atoms with E-state index in [9.17, 15) is 14.4 Å². The molecule has 2 aromatic carbocycles. The van der Waals surface area contributed by atoms with Crippen molar-refractivity contribution in [3.8, 4) is 11.3 Å². The first kappa shape index (κ1) is 26.4. The number of aromatic nitrogens is 1. The number of halogens is 1. The first-order valence-electron chi connectivity index (χ1n) is 12.0. The minimum atomic E-state index is -0.681. The number of furan rings is 1. The molecule has 198 valence electrons. The number of fused-ring (bicyclic) bond motifs is 1. The Balaban J connectivity index is 1.58. The molecule has 2 aromatic heterocycles. The third kappa shape index (κ3) is 4.98. The fourth-order valence-corrected chi connectivity index (χ4v) is 5.62. The van der Waals surface area contributed by atoms with E-state index >= 15 is 0 Å². The second kappa shape index (κ2) is 10.9. The fraction of sp³-hybridized carbons (Fsp3) is 0.172. The van der Waals surface area contributed by atoms with E-state index in [1.165, 1.54) is 23.0 Å². The van der Waals surface area contributed by atoms with Gasteiger partial charge in [-0.2, -0.15) is 0 Å². The zero-order valence-corrected chi connectivity index (χ0v) is 22.8. The van der Waals surface area contributed by atoms with Gasteiger partial charge in [0.05, 0.1) is 46.1 Å². The Labute approximate surface area is 232 Å². The van der Waals surface area contributed by atoms with E-state index in [0.29, 0.717) is 37.7 Å². The summed E-state index contributed by atoms with van der Waals surface area (Å²) in [4.78, 5) is 43.7. The molecule has 0 amide bonds. The maximum atomic E-state index is 13.7. The molecule has 39 heavy (non-hydrogen) atoms. The third-order valence-corrected chi connectivity index (χ3v) is 7.50. The highest BCUT2D eigenvalue weighted by Gasteiger charge is 2.33. The highest BCUT2D eigenvalue weighted by atomic mass is 35.5. The molecule has 0 fully saturated rings. The summed E-state index contributed by atoms with van der Waals surface area (Å²) in [5.74, 6) is -0.141. The summed E-state index contributed by atoms with van der Waals surface area (Å²) in [6.45, 7) is 3.68. The fourth-order valence-electron chi connectivity index (χ4n) is 4.40. The van der Waals surface area contributed by atoms with Crippen molar-refractivity contribution >= 4 is 41.0 Å². The van der Waals surface area contributed by atoms with Crippen LogP contribution in [0, 0.1) is 0 Å². The Hall–Kier alpha value is -4.21. The first-order chi connectivity index (χ1) is 18.8. The number of ether oxygens (including phenoxy) is 2. The van der Waals surface area contributed by atoms with Crippen molar-refractivity contribution in [3.05, 3.63) is 114 Å². The van der Waals surface area contributed by atoms with Crippen molar-refractivity contribution < 1.29 is 23.5 Å². The molecule has 0 radical (unpaired) electrons. The topological polar surface area (TPSA) is 100 Å². The van der Waals surface area contributed by atoms with Gasteiger partial charge < -0.3 is 13.9 Å². The number of thiazole rings is 1. The van der Waals surface area contributed by atoms with Crippen LogP contribution in [0.15, 0.2) is 86.1 Å². The van der Waals surface area contributed by atoms with Crippen LogP contribution in [0.1, 0.15) is 41.6 Å².